The van der Waals surface area contributed by atoms with Gasteiger partial charge in [0.15, 0.2) is 0 Å². The van der Waals surface area contributed by atoms with Gasteiger partial charge in [0, 0.05) is 24.5 Å². The zero-order valence-electron chi connectivity index (χ0n) is 13.4. The third-order valence-corrected chi connectivity index (χ3v) is 4.09. The molecule has 122 valence electrons. The Balaban J connectivity index is 1.70. The molecule has 0 saturated carbocycles. The maximum Gasteiger partial charge on any atom is 0.269 e. The minimum Gasteiger partial charge on any atom is -0.396 e. The van der Waals surface area contributed by atoms with E-state index in [4.69, 9.17) is 0 Å². The number of amides is 1. The molecule has 0 bridgehead atoms. The maximum absolute atomic E-state index is 12.4. The first kappa shape index (κ1) is 16.1. The van der Waals surface area contributed by atoms with Crippen LogP contribution in [0.25, 0.3) is 10.9 Å². The monoisotopic (exact) mass is 320 g/mol. The number of nitrogens with one attached hydrogen (secondary N) is 1. The van der Waals surface area contributed by atoms with Crippen molar-refractivity contribution in [2.45, 2.75) is 12.3 Å². The summed E-state index contributed by atoms with van der Waals surface area (Å²) in [5, 5.41) is 13.2. The Labute approximate surface area is 141 Å². The van der Waals surface area contributed by atoms with Gasteiger partial charge in [-0.1, -0.05) is 54.6 Å². The number of fused-ring (bicyclic) bond motifs is 1. The molecule has 0 saturated heterocycles. The molecule has 1 amide bonds. The number of benzene rings is 2. The molecule has 0 spiro atoms. The molecule has 0 aliphatic heterocycles. The highest BCUT2D eigenvalue weighted by atomic mass is 16.3. The summed E-state index contributed by atoms with van der Waals surface area (Å²) in [6.45, 7) is 0.557. The van der Waals surface area contributed by atoms with E-state index in [9.17, 15) is 9.90 Å². The SMILES string of the molecule is O=C(NCC(CCO)c1ccccc1)c1ccc2ccccc2n1. The molecule has 1 atom stereocenters. The van der Waals surface area contributed by atoms with Gasteiger partial charge in [-0.2, -0.15) is 0 Å². The summed E-state index contributed by atoms with van der Waals surface area (Å²) >= 11 is 0. The van der Waals surface area contributed by atoms with E-state index in [-0.39, 0.29) is 18.4 Å². The van der Waals surface area contributed by atoms with Crippen LogP contribution < -0.4 is 5.32 Å². The summed E-state index contributed by atoms with van der Waals surface area (Å²) in [6, 6.07) is 21.3. The number of rotatable bonds is 6. The van der Waals surface area contributed by atoms with Crippen molar-refractivity contribution in [1.82, 2.24) is 10.3 Å². The highest BCUT2D eigenvalue weighted by molar-refractivity contribution is 5.94. The van der Waals surface area contributed by atoms with E-state index in [1.165, 1.54) is 0 Å². The Morgan fingerprint density at radius 2 is 1.75 bits per heavy atom. The third-order valence-electron chi connectivity index (χ3n) is 4.09. The first-order chi connectivity index (χ1) is 11.8. The van der Waals surface area contributed by atoms with Gasteiger partial charge < -0.3 is 10.4 Å². The summed E-state index contributed by atoms with van der Waals surface area (Å²) in [4.78, 5) is 16.8. The lowest BCUT2D eigenvalue weighted by atomic mass is 9.96. The van der Waals surface area contributed by atoms with Crippen molar-refractivity contribution in [2.75, 3.05) is 13.2 Å². The molecule has 1 unspecified atom stereocenters. The minimum atomic E-state index is -0.195. The van der Waals surface area contributed by atoms with E-state index in [0.717, 1.165) is 16.5 Å². The molecule has 3 aromatic rings. The molecule has 0 fully saturated rings. The lowest BCUT2D eigenvalue weighted by Crippen LogP contribution is -2.29. The second-order valence-corrected chi connectivity index (χ2v) is 5.72. The molecule has 1 aromatic heterocycles. The Bertz CT molecular complexity index is 818. The number of hydrogen-bond acceptors (Lipinski definition) is 3. The highest BCUT2D eigenvalue weighted by Crippen LogP contribution is 2.18. The number of aliphatic hydroxyl groups excluding tert-OH is 1. The quantitative estimate of drug-likeness (QED) is 0.733. The van der Waals surface area contributed by atoms with Crippen molar-refractivity contribution < 1.29 is 9.90 Å². The van der Waals surface area contributed by atoms with Crippen LogP contribution in [-0.4, -0.2) is 29.1 Å². The summed E-state index contributed by atoms with van der Waals surface area (Å²) in [7, 11) is 0. The number of carbonyl (C=O) groups excluding carboxylic acids is 1. The van der Waals surface area contributed by atoms with Crippen molar-refractivity contribution in [1.29, 1.82) is 0 Å². The summed E-state index contributed by atoms with van der Waals surface area (Å²) < 4.78 is 0. The Kier molecular flexibility index (Phi) is 5.18. The lowest BCUT2D eigenvalue weighted by molar-refractivity contribution is 0.0944. The van der Waals surface area contributed by atoms with Crippen LogP contribution in [0.3, 0.4) is 0 Å². The van der Waals surface area contributed by atoms with E-state index in [1.54, 1.807) is 6.07 Å². The van der Waals surface area contributed by atoms with Gasteiger partial charge in [0.25, 0.3) is 5.91 Å². The maximum atomic E-state index is 12.4. The molecular weight excluding hydrogens is 300 g/mol. The molecule has 4 nitrogen and oxygen atoms in total. The first-order valence-electron chi connectivity index (χ1n) is 8.08. The van der Waals surface area contributed by atoms with Gasteiger partial charge in [-0.3, -0.25) is 4.79 Å². The molecule has 1 heterocycles. The summed E-state index contributed by atoms with van der Waals surface area (Å²) in [5.41, 5.74) is 2.32. The number of aromatic nitrogens is 1. The van der Waals surface area contributed by atoms with Gasteiger partial charge >= 0.3 is 0 Å². The molecule has 0 aliphatic rings. The van der Waals surface area contributed by atoms with E-state index in [0.29, 0.717) is 18.7 Å². The Hall–Kier alpha value is -2.72. The Morgan fingerprint density at radius 3 is 2.54 bits per heavy atom. The highest BCUT2D eigenvalue weighted by Gasteiger charge is 2.14. The molecule has 0 radical (unpaired) electrons. The number of aliphatic hydroxyl groups is 1. The van der Waals surface area contributed by atoms with Crippen molar-refractivity contribution in [3.63, 3.8) is 0 Å². The van der Waals surface area contributed by atoms with Crippen LogP contribution in [0.5, 0.6) is 0 Å². The summed E-state index contributed by atoms with van der Waals surface area (Å²) in [6.07, 6.45) is 0.607. The van der Waals surface area contributed by atoms with Gasteiger partial charge in [-0.05, 0) is 24.1 Å². The standard InChI is InChI=1S/C20H20N2O2/c23-13-12-17(15-6-2-1-3-7-15)14-21-20(24)19-11-10-16-8-4-5-9-18(16)22-19/h1-11,17,23H,12-14H2,(H,21,24). The van der Waals surface area contributed by atoms with Crippen LogP contribution in [0, 0.1) is 0 Å². The molecule has 24 heavy (non-hydrogen) atoms. The van der Waals surface area contributed by atoms with Crippen LogP contribution in [-0.2, 0) is 0 Å². The van der Waals surface area contributed by atoms with Crippen LogP contribution in [0.2, 0.25) is 0 Å². The van der Waals surface area contributed by atoms with Crippen molar-refractivity contribution in [2.24, 2.45) is 0 Å². The van der Waals surface area contributed by atoms with Gasteiger partial charge in [-0.25, -0.2) is 4.98 Å². The largest absolute Gasteiger partial charge is 0.396 e. The van der Waals surface area contributed by atoms with Crippen LogP contribution in [0.4, 0.5) is 0 Å². The second-order valence-electron chi connectivity index (χ2n) is 5.72. The van der Waals surface area contributed by atoms with Crippen LogP contribution in [0.1, 0.15) is 28.4 Å². The summed E-state index contributed by atoms with van der Waals surface area (Å²) in [5.74, 6) is -0.111. The number of pyridine rings is 1. The second kappa shape index (κ2) is 7.70. The molecule has 3 rings (SSSR count). The van der Waals surface area contributed by atoms with Crippen molar-refractivity contribution in [3.05, 3.63) is 78.0 Å². The minimum absolute atomic E-state index is 0.0839. The molecule has 0 aliphatic carbocycles. The van der Waals surface area contributed by atoms with Crippen LogP contribution in [0.15, 0.2) is 66.7 Å². The average Bonchev–Trinajstić information content (AvgIpc) is 2.65. The predicted molar refractivity (Wildman–Crippen MR) is 95.0 cm³/mol. The fourth-order valence-corrected chi connectivity index (χ4v) is 2.77. The molecule has 2 N–H and O–H groups in total. The number of para-hydroxylation sites is 1. The fourth-order valence-electron chi connectivity index (χ4n) is 2.77. The molecule has 2 aromatic carbocycles. The van der Waals surface area contributed by atoms with Gasteiger partial charge in [0.2, 0.25) is 0 Å². The van der Waals surface area contributed by atoms with Gasteiger partial charge in [0.1, 0.15) is 5.69 Å². The predicted octanol–water partition coefficient (Wildman–Crippen LogP) is 3.13. The lowest BCUT2D eigenvalue weighted by Gasteiger charge is -2.17. The fraction of sp³-hybridized carbons (Fsp3) is 0.200. The number of carbonyl (C=O) groups is 1. The van der Waals surface area contributed by atoms with Crippen molar-refractivity contribution in [3.8, 4) is 0 Å². The van der Waals surface area contributed by atoms with Gasteiger partial charge in [-0.15, -0.1) is 0 Å². The van der Waals surface area contributed by atoms with E-state index in [1.807, 2.05) is 60.7 Å². The normalized spacial score (nSPS) is 12.0. The number of nitrogens with zero attached hydrogens (tertiary/aromatic N) is 1. The van der Waals surface area contributed by atoms with E-state index >= 15 is 0 Å². The van der Waals surface area contributed by atoms with Crippen molar-refractivity contribution >= 4 is 16.8 Å². The van der Waals surface area contributed by atoms with E-state index < -0.39 is 0 Å². The smallest absolute Gasteiger partial charge is 0.269 e. The zero-order valence-corrected chi connectivity index (χ0v) is 13.4. The van der Waals surface area contributed by atoms with E-state index in [2.05, 4.69) is 10.3 Å². The number of hydrogen-bond donors (Lipinski definition) is 2. The van der Waals surface area contributed by atoms with Gasteiger partial charge in [0.05, 0.1) is 5.52 Å². The van der Waals surface area contributed by atoms with Crippen LogP contribution >= 0.6 is 0 Å². The average molecular weight is 320 g/mol. The topological polar surface area (TPSA) is 62.2 Å². The molecular formula is C20H20N2O2. The first-order valence-corrected chi connectivity index (χ1v) is 8.08. The Morgan fingerprint density at radius 1 is 1.00 bits per heavy atom. The molecule has 4 heteroatoms. The third kappa shape index (κ3) is 3.78. The zero-order chi connectivity index (χ0) is 16.8.